The third-order valence-electron chi connectivity index (χ3n) is 6.09. The number of methoxy groups -OCH3 is 1. The Kier molecular flexibility index (Phi) is 5.24. The third kappa shape index (κ3) is 3.78. The molecule has 31 heavy (non-hydrogen) atoms. The maximum Gasteiger partial charge on any atom is 0.354 e. The molecule has 2 atom stereocenters. The van der Waals surface area contributed by atoms with Crippen molar-refractivity contribution in [2.45, 2.75) is 38.1 Å². The standard InChI is InChI=1S/C19H26FN5O5S/c1-10(22-31(3,28)29)12-6-7-23(8-12)15-13(20)9-24-16(17(15)30-2)14(11-4-5-11)18(26)25(21)19(24)27/h9-12,22H,4-8,21H2,1-3H3. The van der Waals surface area contributed by atoms with E-state index in [1.165, 1.54) is 7.11 Å². The molecule has 4 rings (SSSR count). The van der Waals surface area contributed by atoms with E-state index in [-0.39, 0.29) is 34.8 Å². The van der Waals surface area contributed by atoms with Crippen LogP contribution in [-0.2, 0) is 10.0 Å². The average Bonchev–Trinajstić information content (AvgIpc) is 3.40. The van der Waals surface area contributed by atoms with Crippen LogP contribution in [0.5, 0.6) is 5.75 Å². The van der Waals surface area contributed by atoms with Gasteiger partial charge in [-0.2, -0.15) is 4.68 Å². The second-order valence-electron chi connectivity index (χ2n) is 8.40. The largest absolute Gasteiger partial charge is 0.492 e. The summed E-state index contributed by atoms with van der Waals surface area (Å²) in [6.07, 6.45) is 4.34. The molecule has 0 amide bonds. The van der Waals surface area contributed by atoms with E-state index >= 15 is 4.39 Å². The van der Waals surface area contributed by atoms with E-state index in [1.807, 2.05) is 0 Å². The molecule has 1 aliphatic heterocycles. The van der Waals surface area contributed by atoms with Crippen LogP contribution in [0.15, 0.2) is 15.8 Å². The normalized spacial score (nSPS) is 20.4. The van der Waals surface area contributed by atoms with Gasteiger partial charge in [0.05, 0.1) is 25.1 Å². The van der Waals surface area contributed by atoms with E-state index in [0.29, 0.717) is 29.7 Å². The van der Waals surface area contributed by atoms with Gasteiger partial charge in [0.2, 0.25) is 10.0 Å². The zero-order chi connectivity index (χ0) is 22.7. The average molecular weight is 456 g/mol. The highest BCUT2D eigenvalue weighted by atomic mass is 32.2. The fourth-order valence-electron chi connectivity index (χ4n) is 4.47. The van der Waals surface area contributed by atoms with Gasteiger partial charge in [0.15, 0.2) is 11.6 Å². The molecule has 2 aliphatic rings. The molecule has 170 valence electrons. The van der Waals surface area contributed by atoms with Crippen LogP contribution in [0.1, 0.15) is 37.7 Å². The van der Waals surface area contributed by atoms with Gasteiger partial charge < -0.3 is 15.5 Å². The highest BCUT2D eigenvalue weighted by molar-refractivity contribution is 7.88. The number of ether oxygens (including phenoxy) is 1. The van der Waals surface area contributed by atoms with Crippen LogP contribution in [0.25, 0.3) is 5.52 Å². The van der Waals surface area contributed by atoms with Crippen molar-refractivity contribution in [3.05, 3.63) is 38.4 Å². The first-order valence-corrected chi connectivity index (χ1v) is 12.0. The van der Waals surface area contributed by atoms with E-state index in [1.54, 1.807) is 11.8 Å². The molecule has 2 unspecified atom stereocenters. The number of halogens is 1. The van der Waals surface area contributed by atoms with Crippen LogP contribution in [0.4, 0.5) is 10.1 Å². The molecular formula is C19H26FN5O5S. The van der Waals surface area contributed by atoms with Crippen molar-refractivity contribution >= 4 is 21.2 Å². The Balaban J connectivity index is 1.84. The number of fused-ring (bicyclic) bond motifs is 1. The Labute approximate surface area is 178 Å². The van der Waals surface area contributed by atoms with Crippen LogP contribution in [0.3, 0.4) is 0 Å². The molecule has 10 nitrogen and oxygen atoms in total. The number of aromatic nitrogens is 2. The Morgan fingerprint density at radius 1 is 1.29 bits per heavy atom. The van der Waals surface area contributed by atoms with Gasteiger partial charge in [0.1, 0.15) is 11.2 Å². The highest BCUT2D eigenvalue weighted by Gasteiger charge is 2.36. The second-order valence-corrected chi connectivity index (χ2v) is 10.2. The van der Waals surface area contributed by atoms with Crippen LogP contribution < -0.4 is 31.5 Å². The smallest absolute Gasteiger partial charge is 0.354 e. The minimum atomic E-state index is -3.37. The number of nitrogens with one attached hydrogen (secondary N) is 1. The van der Waals surface area contributed by atoms with Gasteiger partial charge in [-0.05, 0) is 38.0 Å². The predicted molar refractivity (Wildman–Crippen MR) is 114 cm³/mol. The van der Waals surface area contributed by atoms with E-state index in [4.69, 9.17) is 10.6 Å². The minimum Gasteiger partial charge on any atom is -0.492 e. The van der Waals surface area contributed by atoms with Crippen LogP contribution >= 0.6 is 0 Å². The molecule has 0 aromatic carbocycles. The maximum absolute atomic E-state index is 15.3. The van der Waals surface area contributed by atoms with Crippen molar-refractivity contribution in [1.29, 1.82) is 0 Å². The first kappa shape index (κ1) is 21.6. The molecule has 0 spiro atoms. The molecule has 3 N–H and O–H groups in total. The number of anilines is 1. The Morgan fingerprint density at radius 2 is 1.97 bits per heavy atom. The molecule has 1 aliphatic carbocycles. The number of rotatable bonds is 6. The summed E-state index contributed by atoms with van der Waals surface area (Å²) in [4.78, 5) is 27.1. The van der Waals surface area contributed by atoms with E-state index in [0.717, 1.165) is 29.7 Å². The molecule has 3 heterocycles. The van der Waals surface area contributed by atoms with Crippen LogP contribution in [-0.4, -0.2) is 50.0 Å². The lowest BCUT2D eigenvalue weighted by Crippen LogP contribution is -2.44. The van der Waals surface area contributed by atoms with Gasteiger partial charge in [0.25, 0.3) is 5.56 Å². The molecule has 0 bridgehead atoms. The Morgan fingerprint density at radius 3 is 2.55 bits per heavy atom. The molecule has 2 aromatic rings. The van der Waals surface area contributed by atoms with Crippen LogP contribution in [0, 0.1) is 11.7 Å². The van der Waals surface area contributed by atoms with Crippen molar-refractivity contribution in [2.75, 3.05) is 37.2 Å². The molecule has 2 fully saturated rings. The molecule has 0 radical (unpaired) electrons. The molecule has 12 heteroatoms. The Hall–Kier alpha value is -2.60. The number of nitrogens with two attached hydrogens (primary N) is 1. The number of hydrogen-bond donors (Lipinski definition) is 2. The highest BCUT2D eigenvalue weighted by Crippen LogP contribution is 2.45. The summed E-state index contributed by atoms with van der Waals surface area (Å²) < 4.78 is 48.1. The summed E-state index contributed by atoms with van der Waals surface area (Å²) >= 11 is 0. The molecule has 1 saturated heterocycles. The second kappa shape index (κ2) is 7.52. The number of sulfonamides is 1. The first-order chi connectivity index (χ1) is 14.5. The van der Waals surface area contributed by atoms with Crippen molar-refractivity contribution in [1.82, 2.24) is 13.8 Å². The lowest BCUT2D eigenvalue weighted by atomic mass is 10.0. The van der Waals surface area contributed by atoms with Gasteiger partial charge in [-0.1, -0.05) is 0 Å². The zero-order valence-electron chi connectivity index (χ0n) is 17.6. The van der Waals surface area contributed by atoms with Crippen molar-refractivity contribution in [3.8, 4) is 5.75 Å². The third-order valence-corrected chi connectivity index (χ3v) is 6.89. The lowest BCUT2D eigenvalue weighted by Gasteiger charge is -2.25. The summed E-state index contributed by atoms with van der Waals surface area (Å²) in [7, 11) is -2.00. The molecular weight excluding hydrogens is 429 g/mol. The topological polar surface area (TPSA) is 128 Å². The fourth-order valence-corrected chi connectivity index (χ4v) is 5.33. The number of nitrogens with zero attached hydrogens (tertiary/aromatic N) is 3. The van der Waals surface area contributed by atoms with Crippen molar-refractivity contribution in [2.24, 2.45) is 5.92 Å². The molecule has 2 aromatic heterocycles. The zero-order valence-corrected chi connectivity index (χ0v) is 18.4. The predicted octanol–water partition coefficient (Wildman–Crippen LogP) is -0.0359. The van der Waals surface area contributed by atoms with Crippen molar-refractivity contribution < 1.29 is 17.5 Å². The fraction of sp³-hybridized carbons (Fsp3) is 0.579. The van der Waals surface area contributed by atoms with E-state index in [9.17, 15) is 18.0 Å². The SMILES string of the molecule is COc1c(N2CCC(C(C)NS(C)(=O)=O)C2)c(F)cn2c(=O)n(N)c(=O)c(C3CC3)c12. The number of hydrogen-bond acceptors (Lipinski definition) is 7. The van der Waals surface area contributed by atoms with E-state index in [2.05, 4.69) is 4.72 Å². The quantitative estimate of drug-likeness (QED) is 0.585. The lowest BCUT2D eigenvalue weighted by molar-refractivity contribution is 0.411. The van der Waals surface area contributed by atoms with Gasteiger partial charge in [-0.15, -0.1) is 0 Å². The molecule has 1 saturated carbocycles. The Bertz CT molecular complexity index is 1270. The summed E-state index contributed by atoms with van der Waals surface area (Å²) in [6, 6.07) is -0.330. The number of nitrogen functional groups attached to an aromatic ring is 1. The monoisotopic (exact) mass is 455 g/mol. The maximum atomic E-state index is 15.3. The van der Waals surface area contributed by atoms with Gasteiger partial charge in [-0.3, -0.25) is 9.20 Å². The summed E-state index contributed by atoms with van der Waals surface area (Å²) in [6.45, 7) is 2.64. The number of pyridine rings is 1. The summed E-state index contributed by atoms with van der Waals surface area (Å²) in [5, 5.41) is 0. The van der Waals surface area contributed by atoms with Gasteiger partial charge in [0, 0.05) is 19.1 Å². The van der Waals surface area contributed by atoms with Gasteiger partial charge >= 0.3 is 5.69 Å². The summed E-state index contributed by atoms with van der Waals surface area (Å²) in [5.41, 5.74) is -0.703. The first-order valence-electron chi connectivity index (χ1n) is 10.1. The van der Waals surface area contributed by atoms with Crippen molar-refractivity contribution in [3.63, 3.8) is 0 Å². The van der Waals surface area contributed by atoms with E-state index < -0.39 is 27.1 Å². The van der Waals surface area contributed by atoms with Crippen LogP contribution in [0.2, 0.25) is 0 Å². The minimum absolute atomic E-state index is 0.0443. The summed E-state index contributed by atoms with van der Waals surface area (Å²) in [5.74, 6) is 4.98. The van der Waals surface area contributed by atoms with Gasteiger partial charge in [-0.25, -0.2) is 22.3 Å².